The fourth-order valence-electron chi connectivity index (χ4n) is 2.78. The van der Waals surface area contributed by atoms with Crippen LogP contribution in [0.25, 0.3) is 11.0 Å². The molecule has 1 saturated heterocycles. The number of amides is 1. The molecule has 0 unspecified atom stereocenters. The van der Waals surface area contributed by atoms with Gasteiger partial charge in [0.05, 0.1) is 11.9 Å². The summed E-state index contributed by atoms with van der Waals surface area (Å²) in [5, 5.41) is 4.03. The minimum atomic E-state index is 0.122. The van der Waals surface area contributed by atoms with E-state index in [-0.39, 0.29) is 12.5 Å². The molecule has 0 bridgehead atoms. The molecule has 0 radical (unpaired) electrons. The molecular weight excluding hydrogens is 266 g/mol. The molecule has 0 aliphatic carbocycles. The highest BCUT2D eigenvalue weighted by atomic mass is 16.2. The molecule has 1 N–H and O–H groups in total. The molecule has 1 aliphatic rings. The molecule has 1 fully saturated rings. The number of fused-ring (bicyclic) bond motifs is 1. The number of hydrogen-bond donors (Lipinski definition) is 1. The molecule has 6 nitrogen and oxygen atoms in total. The van der Waals surface area contributed by atoms with Gasteiger partial charge in [0.25, 0.3) is 0 Å². The van der Waals surface area contributed by atoms with Crippen LogP contribution in [0.5, 0.6) is 0 Å². The number of aromatic nitrogens is 3. The number of carbonyl (C=O) groups excluding carboxylic acids is 1. The molecule has 2 aromatic heterocycles. The van der Waals surface area contributed by atoms with Crippen molar-refractivity contribution in [2.75, 3.05) is 25.0 Å². The van der Waals surface area contributed by atoms with Gasteiger partial charge in [0.1, 0.15) is 12.1 Å². The predicted octanol–water partition coefficient (Wildman–Crippen LogP) is 1.68. The second-order valence-electron chi connectivity index (χ2n) is 5.44. The number of likely N-dealkylation sites (tertiary alicyclic amines) is 1. The van der Waals surface area contributed by atoms with Crippen LogP contribution in [-0.2, 0) is 4.79 Å². The third kappa shape index (κ3) is 2.79. The summed E-state index contributed by atoms with van der Waals surface area (Å²) in [4.78, 5) is 26.9. The Morgan fingerprint density at radius 3 is 2.81 bits per heavy atom. The summed E-state index contributed by atoms with van der Waals surface area (Å²) >= 11 is 0. The van der Waals surface area contributed by atoms with Crippen molar-refractivity contribution in [2.45, 2.75) is 26.7 Å². The van der Waals surface area contributed by atoms with Crippen molar-refractivity contribution in [1.29, 1.82) is 0 Å². The van der Waals surface area contributed by atoms with Gasteiger partial charge < -0.3 is 10.2 Å². The zero-order chi connectivity index (χ0) is 14.8. The Labute approximate surface area is 123 Å². The van der Waals surface area contributed by atoms with E-state index in [1.165, 1.54) is 6.33 Å². The van der Waals surface area contributed by atoms with Gasteiger partial charge in [-0.1, -0.05) is 0 Å². The van der Waals surface area contributed by atoms with Gasteiger partial charge >= 0.3 is 0 Å². The van der Waals surface area contributed by atoms with Gasteiger partial charge in [-0.25, -0.2) is 15.0 Å². The van der Waals surface area contributed by atoms with E-state index in [1.807, 2.05) is 24.8 Å². The number of nitrogens with one attached hydrogen (secondary N) is 1. The van der Waals surface area contributed by atoms with Crippen LogP contribution in [0.2, 0.25) is 0 Å². The van der Waals surface area contributed by atoms with Gasteiger partial charge in [-0.3, -0.25) is 4.79 Å². The van der Waals surface area contributed by atoms with Crippen LogP contribution in [0.4, 0.5) is 5.82 Å². The second-order valence-corrected chi connectivity index (χ2v) is 5.44. The zero-order valence-corrected chi connectivity index (χ0v) is 12.4. The summed E-state index contributed by atoms with van der Waals surface area (Å²) < 4.78 is 0. The first-order valence-electron chi connectivity index (χ1n) is 7.26. The van der Waals surface area contributed by atoms with Crippen molar-refractivity contribution >= 4 is 22.8 Å². The average molecular weight is 285 g/mol. The fraction of sp³-hybridized carbons (Fsp3) is 0.467. The van der Waals surface area contributed by atoms with Gasteiger partial charge in [-0.05, 0) is 38.3 Å². The molecule has 6 heteroatoms. The monoisotopic (exact) mass is 285 g/mol. The minimum absolute atomic E-state index is 0.122. The number of pyridine rings is 1. The number of aryl methyl sites for hydroxylation is 2. The van der Waals surface area contributed by atoms with Crippen molar-refractivity contribution in [3.63, 3.8) is 0 Å². The summed E-state index contributed by atoms with van der Waals surface area (Å²) in [7, 11) is 0. The Morgan fingerprint density at radius 2 is 2.05 bits per heavy atom. The lowest BCUT2D eigenvalue weighted by molar-refractivity contribution is -0.128. The number of rotatable bonds is 3. The fourth-order valence-corrected chi connectivity index (χ4v) is 2.78. The van der Waals surface area contributed by atoms with Gasteiger partial charge in [0.2, 0.25) is 5.91 Å². The first-order chi connectivity index (χ1) is 10.1. The molecule has 3 rings (SSSR count). The molecule has 0 aromatic carbocycles. The molecule has 0 saturated carbocycles. The van der Waals surface area contributed by atoms with Crippen molar-refractivity contribution in [1.82, 2.24) is 19.9 Å². The van der Waals surface area contributed by atoms with Crippen molar-refractivity contribution in [2.24, 2.45) is 0 Å². The molecule has 3 heterocycles. The van der Waals surface area contributed by atoms with Gasteiger partial charge in [0, 0.05) is 18.8 Å². The minimum Gasteiger partial charge on any atom is -0.360 e. The van der Waals surface area contributed by atoms with E-state index in [0.29, 0.717) is 11.5 Å². The molecule has 0 atom stereocenters. The maximum absolute atomic E-state index is 12.1. The number of nitrogens with zero attached hydrogens (tertiary/aromatic N) is 4. The number of hydrogen-bond acceptors (Lipinski definition) is 5. The van der Waals surface area contributed by atoms with E-state index < -0.39 is 0 Å². The average Bonchev–Trinajstić information content (AvgIpc) is 2.98. The highest BCUT2D eigenvalue weighted by molar-refractivity contribution is 5.91. The molecule has 2 aromatic rings. The van der Waals surface area contributed by atoms with Crippen molar-refractivity contribution < 1.29 is 4.79 Å². The Kier molecular flexibility index (Phi) is 3.68. The van der Waals surface area contributed by atoms with E-state index >= 15 is 0 Å². The Bertz CT molecular complexity index is 679. The van der Waals surface area contributed by atoms with E-state index in [2.05, 4.69) is 20.3 Å². The van der Waals surface area contributed by atoms with Gasteiger partial charge in [-0.15, -0.1) is 0 Å². The summed E-state index contributed by atoms with van der Waals surface area (Å²) in [6.07, 6.45) is 3.69. The quantitative estimate of drug-likeness (QED) is 0.929. The highest BCUT2D eigenvalue weighted by Crippen LogP contribution is 2.22. The zero-order valence-electron chi connectivity index (χ0n) is 12.4. The van der Waals surface area contributed by atoms with Crippen LogP contribution >= 0.6 is 0 Å². The smallest absolute Gasteiger partial charge is 0.241 e. The van der Waals surface area contributed by atoms with Crippen LogP contribution < -0.4 is 5.32 Å². The maximum Gasteiger partial charge on any atom is 0.241 e. The van der Waals surface area contributed by atoms with Crippen LogP contribution in [-0.4, -0.2) is 45.4 Å². The van der Waals surface area contributed by atoms with Crippen LogP contribution in [0.1, 0.15) is 24.1 Å². The van der Waals surface area contributed by atoms with Crippen LogP contribution in [0.15, 0.2) is 12.4 Å². The van der Waals surface area contributed by atoms with E-state index in [9.17, 15) is 4.79 Å². The summed E-state index contributed by atoms with van der Waals surface area (Å²) in [5.74, 6) is 0.800. The lowest BCUT2D eigenvalue weighted by atomic mass is 10.1. The first kappa shape index (κ1) is 13.7. The number of carbonyl (C=O) groups is 1. The summed E-state index contributed by atoms with van der Waals surface area (Å²) in [6, 6.07) is 2.00. The Balaban J connectivity index is 1.82. The van der Waals surface area contributed by atoms with E-state index in [1.54, 1.807) is 0 Å². The lowest BCUT2D eigenvalue weighted by Crippen LogP contribution is -2.33. The standard InChI is InChI=1S/C15H19N5O/c1-10-7-11(2)19-15-13(10)14(17-9-18-15)16-8-12(21)20-5-3-4-6-20/h7,9H,3-6,8H2,1-2H3,(H,16,17,18,19). The third-order valence-corrected chi connectivity index (χ3v) is 3.80. The number of anilines is 1. The van der Waals surface area contributed by atoms with Gasteiger partial charge in [-0.2, -0.15) is 0 Å². The van der Waals surface area contributed by atoms with Crippen molar-refractivity contribution in [3.05, 3.63) is 23.7 Å². The maximum atomic E-state index is 12.1. The van der Waals surface area contributed by atoms with Gasteiger partial charge in [0.15, 0.2) is 5.65 Å². The second kappa shape index (κ2) is 5.63. The SMILES string of the molecule is Cc1cc(C)c2c(NCC(=O)N3CCCC3)ncnc2n1. The van der Waals surface area contributed by atoms with Crippen LogP contribution in [0.3, 0.4) is 0 Å². The van der Waals surface area contributed by atoms with E-state index in [4.69, 9.17) is 0 Å². The molecule has 0 spiro atoms. The topological polar surface area (TPSA) is 71.0 Å². The largest absolute Gasteiger partial charge is 0.360 e. The summed E-state index contributed by atoms with van der Waals surface area (Å²) in [6.45, 7) is 5.95. The molecule has 110 valence electrons. The summed E-state index contributed by atoms with van der Waals surface area (Å²) in [5.41, 5.74) is 2.66. The molecular formula is C15H19N5O. The molecule has 1 amide bonds. The van der Waals surface area contributed by atoms with Crippen molar-refractivity contribution in [3.8, 4) is 0 Å². The molecule has 1 aliphatic heterocycles. The predicted molar refractivity (Wildman–Crippen MR) is 81.1 cm³/mol. The van der Waals surface area contributed by atoms with E-state index in [0.717, 1.165) is 42.6 Å². The molecule has 21 heavy (non-hydrogen) atoms. The normalized spacial score (nSPS) is 14.7. The highest BCUT2D eigenvalue weighted by Gasteiger charge is 2.18. The Hall–Kier alpha value is -2.24. The lowest BCUT2D eigenvalue weighted by Gasteiger charge is -2.16. The Morgan fingerprint density at radius 1 is 1.29 bits per heavy atom. The van der Waals surface area contributed by atoms with Crippen LogP contribution in [0, 0.1) is 13.8 Å². The third-order valence-electron chi connectivity index (χ3n) is 3.80. The first-order valence-corrected chi connectivity index (χ1v) is 7.26.